The Bertz CT molecular complexity index is 1040. The molecule has 11 heteroatoms. The number of nitrogens with zero attached hydrogens (tertiary/aromatic N) is 5. The second-order valence-electron chi connectivity index (χ2n) is 10.2. The largest absolute Gasteiger partial charge is 0.493 e. The predicted octanol–water partition coefficient (Wildman–Crippen LogP) is 3.01. The van der Waals surface area contributed by atoms with E-state index in [2.05, 4.69) is 20.4 Å². The summed E-state index contributed by atoms with van der Waals surface area (Å²) in [6.45, 7) is 8.85. The first-order valence-corrected chi connectivity index (χ1v) is 13.6. The second kappa shape index (κ2) is 11.9. The van der Waals surface area contributed by atoms with Gasteiger partial charge in [0.1, 0.15) is 5.82 Å². The second-order valence-corrected chi connectivity index (χ2v) is 10.2. The first-order valence-electron chi connectivity index (χ1n) is 13.6. The molecule has 1 aromatic carbocycles. The monoisotopic (exact) mass is 519 g/mol. The molecule has 0 spiro atoms. The summed E-state index contributed by atoms with van der Waals surface area (Å²) in [7, 11) is 1.63. The first-order chi connectivity index (χ1) is 18.0. The van der Waals surface area contributed by atoms with Crippen LogP contribution in [0.5, 0.6) is 11.5 Å². The molecular weight excluding hydrogens is 480 g/mol. The van der Waals surface area contributed by atoms with Crippen molar-refractivity contribution in [3.05, 3.63) is 12.1 Å². The van der Waals surface area contributed by atoms with Gasteiger partial charge >= 0.3 is 0 Å². The number of methoxy groups -OCH3 is 1. The zero-order chi connectivity index (χ0) is 25.7. The molecular formula is C26H39F2N7O2. The Kier molecular flexibility index (Phi) is 8.41. The third-order valence-electron chi connectivity index (χ3n) is 7.50. The van der Waals surface area contributed by atoms with Gasteiger partial charge in [0.05, 0.1) is 25.9 Å². The summed E-state index contributed by atoms with van der Waals surface area (Å²) in [6, 6.07) is 3.81. The molecule has 1 aromatic heterocycles. The molecule has 2 aromatic rings. The van der Waals surface area contributed by atoms with E-state index in [1.165, 1.54) is 25.9 Å². The zero-order valence-corrected chi connectivity index (χ0v) is 21.8. The quantitative estimate of drug-likeness (QED) is 0.461. The van der Waals surface area contributed by atoms with Gasteiger partial charge in [-0.15, -0.1) is 0 Å². The summed E-state index contributed by atoms with van der Waals surface area (Å²) in [5.41, 5.74) is 0.709. The minimum atomic E-state index is -2.62. The van der Waals surface area contributed by atoms with Gasteiger partial charge in [0, 0.05) is 70.1 Å². The molecule has 4 heterocycles. The van der Waals surface area contributed by atoms with Crippen molar-refractivity contribution >= 4 is 22.7 Å². The van der Waals surface area contributed by atoms with E-state index >= 15 is 0 Å². The molecule has 204 valence electrons. The van der Waals surface area contributed by atoms with Gasteiger partial charge in [-0.05, 0) is 38.4 Å². The van der Waals surface area contributed by atoms with Gasteiger partial charge in [-0.25, -0.2) is 13.8 Å². The minimum Gasteiger partial charge on any atom is -0.493 e. The molecule has 0 aliphatic carbocycles. The number of hydrogen-bond acceptors (Lipinski definition) is 9. The van der Waals surface area contributed by atoms with E-state index in [1.54, 1.807) is 7.11 Å². The number of likely N-dealkylation sites (tertiary alicyclic amines) is 1. The van der Waals surface area contributed by atoms with Crippen LogP contribution in [-0.2, 0) is 0 Å². The fourth-order valence-electron chi connectivity index (χ4n) is 5.24. The topological polar surface area (TPSA) is 78.0 Å². The highest BCUT2D eigenvalue weighted by molar-refractivity contribution is 5.92. The van der Waals surface area contributed by atoms with Crippen LogP contribution in [0.25, 0.3) is 10.9 Å². The van der Waals surface area contributed by atoms with Gasteiger partial charge in [-0.1, -0.05) is 0 Å². The zero-order valence-electron chi connectivity index (χ0n) is 21.8. The molecule has 0 atom stereocenters. The van der Waals surface area contributed by atoms with Crippen molar-refractivity contribution in [1.29, 1.82) is 0 Å². The molecule has 0 saturated carbocycles. The summed E-state index contributed by atoms with van der Waals surface area (Å²) in [5.74, 6) is -0.210. The van der Waals surface area contributed by atoms with Crippen LogP contribution >= 0.6 is 0 Å². The number of aromatic nitrogens is 2. The Morgan fingerprint density at radius 3 is 2.46 bits per heavy atom. The van der Waals surface area contributed by atoms with Crippen LogP contribution in [-0.4, -0.2) is 105 Å². The van der Waals surface area contributed by atoms with Crippen LogP contribution in [0, 0.1) is 0 Å². The standard InChI is InChI=1S/C26H39F2N7O2/c1-36-22-17-20-21(18-23(22)37-16-4-11-33-9-2-3-10-33)31-25(35-12-5-26(27,28)6-13-35)32-24(20)30-19-34-14-7-29-8-15-34/h17-18,29H,2-16,19H2,1H3,(H,30,31,32). The Hall–Kier alpha value is -2.50. The number of alkyl halides is 2. The number of anilines is 2. The fourth-order valence-corrected chi connectivity index (χ4v) is 5.24. The molecule has 3 aliphatic rings. The van der Waals surface area contributed by atoms with E-state index < -0.39 is 5.92 Å². The SMILES string of the molecule is COc1cc2c(NCN3CCNCC3)nc(N3CCC(F)(F)CC3)nc2cc1OCCCN1CCCC1. The molecule has 0 bridgehead atoms. The van der Waals surface area contributed by atoms with Crippen LogP contribution < -0.4 is 25.0 Å². The van der Waals surface area contributed by atoms with E-state index in [-0.39, 0.29) is 25.9 Å². The highest BCUT2D eigenvalue weighted by Gasteiger charge is 2.35. The van der Waals surface area contributed by atoms with Gasteiger partial charge in [0.2, 0.25) is 5.95 Å². The molecule has 37 heavy (non-hydrogen) atoms. The van der Waals surface area contributed by atoms with Crippen molar-refractivity contribution in [1.82, 2.24) is 25.1 Å². The Morgan fingerprint density at radius 1 is 0.973 bits per heavy atom. The third kappa shape index (κ3) is 6.69. The number of piperazine rings is 1. The summed E-state index contributed by atoms with van der Waals surface area (Å²) < 4.78 is 39.4. The van der Waals surface area contributed by atoms with Gasteiger partial charge in [0.15, 0.2) is 11.5 Å². The Morgan fingerprint density at radius 2 is 1.73 bits per heavy atom. The number of hydrogen-bond donors (Lipinski definition) is 2. The van der Waals surface area contributed by atoms with E-state index in [0.717, 1.165) is 44.5 Å². The summed E-state index contributed by atoms with van der Waals surface area (Å²) >= 11 is 0. The summed E-state index contributed by atoms with van der Waals surface area (Å²) in [4.78, 5) is 16.2. The molecule has 0 amide bonds. The number of piperidine rings is 1. The number of fused-ring (bicyclic) bond motifs is 1. The molecule has 3 fully saturated rings. The lowest BCUT2D eigenvalue weighted by Gasteiger charge is -2.32. The molecule has 0 radical (unpaired) electrons. The lowest BCUT2D eigenvalue weighted by Crippen LogP contribution is -2.45. The first kappa shape index (κ1) is 26.1. The lowest BCUT2D eigenvalue weighted by atomic mass is 10.1. The van der Waals surface area contributed by atoms with Crippen molar-refractivity contribution in [2.24, 2.45) is 0 Å². The molecule has 9 nitrogen and oxygen atoms in total. The molecule has 2 N–H and O–H groups in total. The van der Waals surface area contributed by atoms with Crippen LogP contribution in [0.4, 0.5) is 20.5 Å². The number of benzene rings is 1. The van der Waals surface area contributed by atoms with Gasteiger partial charge < -0.3 is 29.9 Å². The number of halogens is 2. The number of ether oxygens (including phenoxy) is 2. The van der Waals surface area contributed by atoms with E-state index in [9.17, 15) is 8.78 Å². The van der Waals surface area contributed by atoms with Gasteiger partial charge in [0.25, 0.3) is 5.92 Å². The minimum absolute atomic E-state index is 0.189. The Balaban J connectivity index is 1.37. The van der Waals surface area contributed by atoms with Crippen LogP contribution in [0.3, 0.4) is 0 Å². The van der Waals surface area contributed by atoms with Crippen LogP contribution in [0.1, 0.15) is 32.1 Å². The highest BCUT2D eigenvalue weighted by Crippen LogP contribution is 2.36. The third-order valence-corrected chi connectivity index (χ3v) is 7.50. The van der Waals surface area contributed by atoms with Crippen molar-refractivity contribution in [3.8, 4) is 11.5 Å². The maximum atomic E-state index is 13.8. The average Bonchev–Trinajstić information content (AvgIpc) is 3.43. The van der Waals surface area contributed by atoms with Gasteiger partial charge in [-0.2, -0.15) is 4.98 Å². The molecule has 5 rings (SSSR count). The maximum Gasteiger partial charge on any atom is 0.251 e. The van der Waals surface area contributed by atoms with E-state index in [1.807, 2.05) is 17.0 Å². The Labute approximate surface area is 217 Å². The fraction of sp³-hybridized carbons (Fsp3) is 0.692. The van der Waals surface area contributed by atoms with E-state index in [0.29, 0.717) is 42.1 Å². The molecule has 3 saturated heterocycles. The highest BCUT2D eigenvalue weighted by atomic mass is 19.3. The summed E-state index contributed by atoms with van der Waals surface area (Å²) in [5, 5.41) is 7.66. The smallest absolute Gasteiger partial charge is 0.251 e. The number of nitrogens with one attached hydrogen (secondary N) is 2. The van der Waals surface area contributed by atoms with Crippen LogP contribution in [0.2, 0.25) is 0 Å². The van der Waals surface area contributed by atoms with Crippen molar-refractivity contribution in [2.45, 2.75) is 38.0 Å². The number of rotatable bonds is 10. The van der Waals surface area contributed by atoms with Crippen molar-refractivity contribution in [2.75, 3.05) is 89.5 Å². The maximum absolute atomic E-state index is 13.8. The van der Waals surface area contributed by atoms with Gasteiger partial charge in [-0.3, -0.25) is 4.90 Å². The lowest BCUT2D eigenvalue weighted by molar-refractivity contribution is -0.0222. The average molecular weight is 520 g/mol. The molecule has 3 aliphatic heterocycles. The van der Waals surface area contributed by atoms with Crippen molar-refractivity contribution in [3.63, 3.8) is 0 Å². The van der Waals surface area contributed by atoms with Crippen LogP contribution in [0.15, 0.2) is 12.1 Å². The molecule has 0 unspecified atom stereocenters. The normalized spacial score (nSPS) is 20.9. The summed E-state index contributed by atoms with van der Waals surface area (Å²) in [6.07, 6.45) is 3.12. The predicted molar refractivity (Wildman–Crippen MR) is 141 cm³/mol. The van der Waals surface area contributed by atoms with E-state index in [4.69, 9.17) is 19.4 Å². The van der Waals surface area contributed by atoms with Crippen molar-refractivity contribution < 1.29 is 18.3 Å².